The van der Waals surface area contributed by atoms with Crippen LogP contribution in [0.2, 0.25) is 0 Å². The number of aryl methyl sites for hydroxylation is 3. The van der Waals surface area contributed by atoms with E-state index >= 15 is 0 Å². The van der Waals surface area contributed by atoms with Gasteiger partial charge < -0.3 is 5.32 Å². The Labute approximate surface area is 158 Å². The van der Waals surface area contributed by atoms with Crippen molar-refractivity contribution in [2.45, 2.75) is 44.7 Å². The number of carbonyl (C=O) groups is 1. The standard InChI is InChI=1S/C20H24N6O/c1-21-19(27)14-18-23-20(16-9-12-25-17(13-16)7-10-22-25)26(24-18)11-8-15-5-3-2-4-6-15/h2-7,10,16H,8-9,11-14H2,1H3,(H,21,27). The van der Waals surface area contributed by atoms with Gasteiger partial charge in [0.2, 0.25) is 5.91 Å². The fourth-order valence-corrected chi connectivity index (χ4v) is 3.64. The molecule has 1 aliphatic rings. The van der Waals surface area contributed by atoms with Gasteiger partial charge in [0.15, 0.2) is 5.82 Å². The molecule has 1 N–H and O–H groups in total. The van der Waals surface area contributed by atoms with Gasteiger partial charge in [-0.3, -0.25) is 9.48 Å². The smallest absolute Gasteiger partial charge is 0.227 e. The number of nitrogens with zero attached hydrogens (tertiary/aromatic N) is 5. The Balaban J connectivity index is 1.57. The minimum atomic E-state index is -0.0662. The second kappa shape index (κ2) is 7.73. The van der Waals surface area contributed by atoms with Gasteiger partial charge in [-0.1, -0.05) is 30.3 Å². The van der Waals surface area contributed by atoms with Crippen LogP contribution >= 0.6 is 0 Å². The van der Waals surface area contributed by atoms with E-state index in [1.807, 2.05) is 16.9 Å². The Bertz CT molecular complexity index is 914. The van der Waals surface area contributed by atoms with Gasteiger partial charge in [0.25, 0.3) is 0 Å². The summed E-state index contributed by atoms with van der Waals surface area (Å²) in [5, 5.41) is 11.7. The zero-order chi connectivity index (χ0) is 18.6. The summed E-state index contributed by atoms with van der Waals surface area (Å²) in [4.78, 5) is 16.5. The zero-order valence-electron chi connectivity index (χ0n) is 15.5. The lowest BCUT2D eigenvalue weighted by atomic mass is 9.95. The molecule has 1 atom stereocenters. The molecule has 0 fully saturated rings. The topological polar surface area (TPSA) is 77.6 Å². The highest BCUT2D eigenvalue weighted by Crippen LogP contribution is 2.28. The van der Waals surface area contributed by atoms with Crippen LogP contribution in [-0.2, 0) is 37.1 Å². The molecule has 27 heavy (non-hydrogen) atoms. The van der Waals surface area contributed by atoms with Crippen molar-refractivity contribution < 1.29 is 4.79 Å². The zero-order valence-corrected chi connectivity index (χ0v) is 15.5. The molecule has 1 aromatic carbocycles. The summed E-state index contributed by atoms with van der Waals surface area (Å²) in [5.41, 5.74) is 2.50. The third kappa shape index (κ3) is 3.92. The van der Waals surface area contributed by atoms with E-state index < -0.39 is 0 Å². The van der Waals surface area contributed by atoms with Crippen LogP contribution in [0.15, 0.2) is 42.6 Å². The van der Waals surface area contributed by atoms with Crippen molar-refractivity contribution in [2.24, 2.45) is 0 Å². The molecule has 0 radical (unpaired) electrons. The number of nitrogens with one attached hydrogen (secondary N) is 1. The van der Waals surface area contributed by atoms with Crippen molar-refractivity contribution in [3.8, 4) is 0 Å². The highest BCUT2D eigenvalue weighted by molar-refractivity contribution is 5.77. The van der Waals surface area contributed by atoms with Crippen LogP contribution in [0, 0.1) is 0 Å². The summed E-state index contributed by atoms with van der Waals surface area (Å²) >= 11 is 0. The van der Waals surface area contributed by atoms with Gasteiger partial charge in [0.1, 0.15) is 5.82 Å². The van der Waals surface area contributed by atoms with Gasteiger partial charge >= 0.3 is 0 Å². The van der Waals surface area contributed by atoms with Crippen molar-refractivity contribution in [1.82, 2.24) is 29.9 Å². The van der Waals surface area contributed by atoms with E-state index in [2.05, 4.69) is 50.5 Å². The van der Waals surface area contributed by atoms with Crippen molar-refractivity contribution in [3.63, 3.8) is 0 Å². The van der Waals surface area contributed by atoms with Gasteiger partial charge in [0, 0.05) is 37.9 Å². The van der Waals surface area contributed by atoms with Gasteiger partial charge in [-0.25, -0.2) is 9.67 Å². The van der Waals surface area contributed by atoms with Gasteiger partial charge in [-0.2, -0.15) is 10.2 Å². The summed E-state index contributed by atoms with van der Waals surface area (Å²) in [6.45, 7) is 1.65. The number of aromatic nitrogens is 5. The lowest BCUT2D eigenvalue weighted by Gasteiger charge is -2.23. The number of hydrogen-bond acceptors (Lipinski definition) is 4. The number of rotatable bonds is 6. The van der Waals surface area contributed by atoms with E-state index in [-0.39, 0.29) is 12.3 Å². The Kier molecular flexibility index (Phi) is 5.00. The second-order valence-electron chi connectivity index (χ2n) is 6.93. The monoisotopic (exact) mass is 364 g/mol. The van der Waals surface area contributed by atoms with Gasteiger partial charge in [-0.15, -0.1) is 0 Å². The molecular weight excluding hydrogens is 340 g/mol. The van der Waals surface area contributed by atoms with Crippen molar-refractivity contribution in [1.29, 1.82) is 0 Å². The molecule has 2 aromatic heterocycles. The minimum Gasteiger partial charge on any atom is -0.359 e. The van der Waals surface area contributed by atoms with E-state index in [0.29, 0.717) is 11.7 Å². The van der Waals surface area contributed by atoms with E-state index in [4.69, 9.17) is 4.98 Å². The lowest BCUT2D eigenvalue weighted by Crippen LogP contribution is -2.22. The Hall–Kier alpha value is -2.96. The molecule has 0 saturated heterocycles. The summed E-state index contributed by atoms with van der Waals surface area (Å²) in [6, 6.07) is 12.5. The fraction of sp³-hybridized carbons (Fsp3) is 0.400. The molecule has 1 unspecified atom stereocenters. The first kappa shape index (κ1) is 17.5. The van der Waals surface area contributed by atoms with E-state index in [1.54, 1.807) is 7.05 Å². The molecule has 0 spiro atoms. The molecule has 0 aliphatic carbocycles. The average Bonchev–Trinajstić information content (AvgIpc) is 3.33. The predicted molar refractivity (Wildman–Crippen MR) is 101 cm³/mol. The Morgan fingerprint density at radius 3 is 2.93 bits per heavy atom. The van der Waals surface area contributed by atoms with Gasteiger partial charge in [-0.05, 0) is 30.9 Å². The third-order valence-corrected chi connectivity index (χ3v) is 5.11. The third-order valence-electron chi connectivity index (χ3n) is 5.11. The van der Waals surface area contributed by atoms with Crippen molar-refractivity contribution in [2.75, 3.05) is 7.05 Å². The first-order valence-corrected chi connectivity index (χ1v) is 9.41. The molecule has 1 amide bonds. The number of likely N-dealkylation sites (N-methyl/N-ethyl adjacent to an activating group) is 1. The summed E-state index contributed by atoms with van der Waals surface area (Å²) in [7, 11) is 1.64. The quantitative estimate of drug-likeness (QED) is 0.723. The molecule has 140 valence electrons. The first-order chi connectivity index (χ1) is 13.2. The number of benzene rings is 1. The van der Waals surface area contributed by atoms with Crippen LogP contribution < -0.4 is 5.32 Å². The second-order valence-corrected chi connectivity index (χ2v) is 6.93. The maximum Gasteiger partial charge on any atom is 0.227 e. The van der Waals surface area contributed by atoms with E-state index in [0.717, 1.165) is 38.2 Å². The first-order valence-electron chi connectivity index (χ1n) is 9.41. The van der Waals surface area contributed by atoms with E-state index in [1.165, 1.54) is 11.3 Å². The lowest BCUT2D eigenvalue weighted by molar-refractivity contribution is -0.120. The van der Waals surface area contributed by atoms with E-state index in [9.17, 15) is 4.79 Å². The van der Waals surface area contributed by atoms with Crippen molar-refractivity contribution in [3.05, 3.63) is 65.5 Å². The Morgan fingerprint density at radius 2 is 2.11 bits per heavy atom. The highest BCUT2D eigenvalue weighted by Gasteiger charge is 2.26. The van der Waals surface area contributed by atoms with Gasteiger partial charge in [0.05, 0.1) is 6.42 Å². The van der Waals surface area contributed by atoms with Crippen LogP contribution in [-0.4, -0.2) is 37.5 Å². The highest BCUT2D eigenvalue weighted by atomic mass is 16.1. The predicted octanol–water partition coefficient (Wildman–Crippen LogP) is 1.74. The number of amides is 1. The molecule has 0 bridgehead atoms. The summed E-state index contributed by atoms with van der Waals surface area (Å²) < 4.78 is 4.06. The van der Waals surface area contributed by atoms with Crippen LogP contribution in [0.4, 0.5) is 0 Å². The van der Waals surface area contributed by atoms with Crippen LogP contribution in [0.1, 0.15) is 35.2 Å². The normalized spacial score (nSPS) is 16.1. The molecule has 1 aliphatic heterocycles. The largest absolute Gasteiger partial charge is 0.359 e. The fourth-order valence-electron chi connectivity index (χ4n) is 3.64. The number of carbonyl (C=O) groups excluding carboxylic acids is 1. The number of fused-ring (bicyclic) bond motifs is 1. The minimum absolute atomic E-state index is 0.0662. The maximum atomic E-state index is 11.8. The van der Waals surface area contributed by atoms with Crippen LogP contribution in [0.3, 0.4) is 0 Å². The molecule has 7 heteroatoms. The SMILES string of the molecule is CNC(=O)Cc1nc(C2CCn3nccc3C2)n(CCc2ccccc2)n1. The maximum absolute atomic E-state index is 11.8. The molecule has 7 nitrogen and oxygen atoms in total. The number of hydrogen-bond donors (Lipinski definition) is 1. The molecule has 0 saturated carbocycles. The average molecular weight is 364 g/mol. The summed E-state index contributed by atoms with van der Waals surface area (Å²) in [5.74, 6) is 1.81. The van der Waals surface area contributed by atoms with Crippen LogP contribution in [0.5, 0.6) is 0 Å². The molecule has 3 heterocycles. The molecule has 3 aromatic rings. The van der Waals surface area contributed by atoms with Crippen molar-refractivity contribution >= 4 is 5.91 Å². The molecular formula is C20H24N6O. The summed E-state index contributed by atoms with van der Waals surface area (Å²) in [6.07, 6.45) is 4.85. The molecule has 4 rings (SSSR count). The Morgan fingerprint density at radius 1 is 1.26 bits per heavy atom. The van der Waals surface area contributed by atoms with Crippen LogP contribution in [0.25, 0.3) is 0 Å².